The first-order chi connectivity index (χ1) is 14.4. The third-order valence-corrected chi connectivity index (χ3v) is 5.51. The number of rotatable bonds is 5. The molecule has 9 heteroatoms. The van der Waals surface area contributed by atoms with Crippen LogP contribution in [0.5, 0.6) is 0 Å². The Morgan fingerprint density at radius 2 is 2.00 bits per heavy atom. The molecule has 1 saturated heterocycles. The van der Waals surface area contributed by atoms with E-state index in [0.29, 0.717) is 21.6 Å². The van der Waals surface area contributed by atoms with Gasteiger partial charge in [0.25, 0.3) is 11.1 Å². The molecule has 0 spiro atoms. The highest BCUT2D eigenvalue weighted by molar-refractivity contribution is 8.18. The Labute approximate surface area is 175 Å². The second-order valence-electron chi connectivity index (χ2n) is 6.68. The number of nitrogens with zero attached hydrogens (tertiary/aromatic N) is 2. The van der Waals surface area contributed by atoms with Crippen molar-refractivity contribution in [2.24, 2.45) is 7.05 Å². The van der Waals surface area contributed by atoms with Crippen LogP contribution in [0.2, 0.25) is 0 Å². The third-order valence-electron chi connectivity index (χ3n) is 4.60. The van der Waals surface area contributed by atoms with Crippen molar-refractivity contribution in [2.45, 2.75) is 6.42 Å². The number of carbonyl (C=O) groups is 3. The number of thioether (sulfide) groups is 1. The van der Waals surface area contributed by atoms with E-state index in [2.05, 4.69) is 5.32 Å². The Morgan fingerprint density at radius 3 is 2.77 bits per heavy atom. The van der Waals surface area contributed by atoms with Crippen LogP contribution in [0.15, 0.2) is 62.8 Å². The summed E-state index contributed by atoms with van der Waals surface area (Å²) in [6, 6.07) is 11.5. The molecule has 3 aromatic rings. The molecular weight excluding hydrogens is 406 g/mol. The zero-order chi connectivity index (χ0) is 21.3. The predicted molar refractivity (Wildman–Crippen MR) is 114 cm³/mol. The van der Waals surface area contributed by atoms with Crippen LogP contribution in [0.3, 0.4) is 0 Å². The molecule has 0 saturated carbocycles. The number of carbonyl (C=O) groups excluding carboxylic acids is 3. The van der Waals surface area contributed by atoms with E-state index in [-0.39, 0.29) is 18.9 Å². The first kappa shape index (κ1) is 19.7. The van der Waals surface area contributed by atoms with Crippen molar-refractivity contribution in [2.75, 3.05) is 11.9 Å². The van der Waals surface area contributed by atoms with Crippen LogP contribution in [0.1, 0.15) is 12.1 Å². The molecule has 1 fully saturated rings. The normalized spacial score (nSPS) is 15.4. The van der Waals surface area contributed by atoms with Crippen LogP contribution >= 0.6 is 11.8 Å². The second kappa shape index (κ2) is 8.03. The van der Waals surface area contributed by atoms with Crippen molar-refractivity contribution in [1.82, 2.24) is 9.47 Å². The Morgan fingerprint density at radius 1 is 1.17 bits per heavy atom. The fraction of sp³-hybridized carbons (Fsp3) is 0.143. The predicted octanol–water partition coefficient (Wildman–Crippen LogP) is 3.20. The molecule has 1 aromatic carbocycles. The lowest BCUT2D eigenvalue weighted by Gasteiger charge is -2.12. The molecule has 4 rings (SSSR count). The molecule has 1 N–H and O–H groups in total. The second-order valence-corrected chi connectivity index (χ2v) is 7.68. The zero-order valence-corrected chi connectivity index (χ0v) is 16.8. The van der Waals surface area contributed by atoms with E-state index in [9.17, 15) is 19.2 Å². The molecule has 0 atom stereocenters. The van der Waals surface area contributed by atoms with Gasteiger partial charge in [0.1, 0.15) is 5.58 Å². The molecule has 8 nitrogen and oxygen atoms in total. The van der Waals surface area contributed by atoms with Gasteiger partial charge in [0, 0.05) is 49.0 Å². The van der Waals surface area contributed by atoms with E-state index in [4.69, 9.17) is 4.42 Å². The summed E-state index contributed by atoms with van der Waals surface area (Å²) in [5, 5.41) is 3.00. The molecule has 0 radical (unpaired) electrons. The largest absolute Gasteiger partial charge is 0.423 e. The van der Waals surface area contributed by atoms with Crippen molar-refractivity contribution in [3.8, 4) is 0 Å². The quantitative estimate of drug-likeness (QED) is 0.500. The average molecular weight is 423 g/mol. The number of benzene rings is 1. The van der Waals surface area contributed by atoms with Crippen LogP contribution in [-0.2, 0) is 16.6 Å². The number of hydrogen-bond acceptors (Lipinski definition) is 6. The number of hydrogen-bond donors (Lipinski definition) is 1. The Kier molecular flexibility index (Phi) is 5.28. The summed E-state index contributed by atoms with van der Waals surface area (Å²) in [6.45, 7) is -0.0105. The molecule has 3 amide bonds. The minimum Gasteiger partial charge on any atom is -0.423 e. The van der Waals surface area contributed by atoms with E-state index in [0.717, 1.165) is 22.4 Å². The van der Waals surface area contributed by atoms with E-state index >= 15 is 0 Å². The number of imide groups is 1. The summed E-state index contributed by atoms with van der Waals surface area (Å²) in [6.07, 6.45) is 3.48. The van der Waals surface area contributed by atoms with Crippen LogP contribution in [0, 0.1) is 0 Å². The van der Waals surface area contributed by atoms with Crippen molar-refractivity contribution in [3.63, 3.8) is 0 Å². The molecule has 3 heterocycles. The molecule has 0 aliphatic carbocycles. The third kappa shape index (κ3) is 4.06. The lowest BCUT2D eigenvalue weighted by atomic mass is 10.2. The van der Waals surface area contributed by atoms with Gasteiger partial charge in [0.05, 0.1) is 4.91 Å². The fourth-order valence-corrected chi connectivity index (χ4v) is 3.89. The summed E-state index contributed by atoms with van der Waals surface area (Å²) in [5.41, 5.74) is 1.31. The monoisotopic (exact) mass is 423 g/mol. The van der Waals surface area contributed by atoms with Gasteiger partial charge in [-0.25, -0.2) is 4.79 Å². The van der Waals surface area contributed by atoms with Gasteiger partial charge in [0.2, 0.25) is 5.91 Å². The zero-order valence-electron chi connectivity index (χ0n) is 16.0. The fourth-order valence-electron chi connectivity index (χ4n) is 3.04. The number of nitrogens with one attached hydrogen (secondary N) is 1. The van der Waals surface area contributed by atoms with Gasteiger partial charge in [-0.2, -0.15) is 0 Å². The van der Waals surface area contributed by atoms with Gasteiger partial charge in [-0.1, -0.05) is 0 Å². The van der Waals surface area contributed by atoms with E-state index in [1.165, 1.54) is 6.07 Å². The van der Waals surface area contributed by atoms with Gasteiger partial charge in [0.15, 0.2) is 0 Å². The van der Waals surface area contributed by atoms with Gasteiger partial charge in [-0.3, -0.25) is 19.3 Å². The standard InChI is InChI=1S/C21H17N3O5S/c1-23-9-2-3-15(23)12-17-20(27)24(21(28)30-17)10-8-18(25)22-14-5-6-16-13(11-14)4-7-19(26)29-16/h2-7,9,11-12H,8,10H2,1H3,(H,22,25). The highest BCUT2D eigenvalue weighted by atomic mass is 32.2. The molecule has 0 unspecified atom stereocenters. The van der Waals surface area contributed by atoms with Gasteiger partial charge in [-0.05, 0) is 54.2 Å². The van der Waals surface area contributed by atoms with Gasteiger partial charge < -0.3 is 14.3 Å². The maximum Gasteiger partial charge on any atom is 0.336 e. The highest BCUT2D eigenvalue weighted by Crippen LogP contribution is 2.32. The van der Waals surface area contributed by atoms with Crippen LogP contribution in [-0.4, -0.2) is 33.1 Å². The topological polar surface area (TPSA) is 102 Å². The van der Waals surface area contributed by atoms with Crippen molar-refractivity contribution in [1.29, 1.82) is 0 Å². The maximum atomic E-state index is 12.5. The molecule has 0 bridgehead atoms. The molecular formula is C21H17N3O5S. The van der Waals surface area contributed by atoms with Crippen molar-refractivity contribution in [3.05, 3.63) is 69.7 Å². The molecule has 152 valence electrons. The Bertz CT molecular complexity index is 1260. The van der Waals surface area contributed by atoms with Crippen LogP contribution in [0.25, 0.3) is 17.0 Å². The summed E-state index contributed by atoms with van der Waals surface area (Å²) in [4.78, 5) is 49.7. The van der Waals surface area contributed by atoms with Gasteiger partial charge in [-0.15, -0.1) is 0 Å². The van der Waals surface area contributed by atoms with Crippen molar-refractivity contribution >= 4 is 51.5 Å². The van der Waals surface area contributed by atoms with Gasteiger partial charge >= 0.3 is 5.63 Å². The number of aromatic nitrogens is 1. The number of anilines is 1. The molecule has 2 aromatic heterocycles. The molecule has 1 aliphatic rings. The summed E-state index contributed by atoms with van der Waals surface area (Å²) in [7, 11) is 1.85. The van der Waals surface area contributed by atoms with Crippen LogP contribution in [0.4, 0.5) is 10.5 Å². The SMILES string of the molecule is Cn1cccc1C=C1SC(=O)N(CCC(=O)Nc2ccc3oc(=O)ccc3c2)C1=O. The minimum atomic E-state index is -0.447. The minimum absolute atomic E-state index is 0.0105. The van der Waals surface area contributed by atoms with Crippen molar-refractivity contribution < 1.29 is 18.8 Å². The Balaban J connectivity index is 1.39. The molecule has 30 heavy (non-hydrogen) atoms. The summed E-state index contributed by atoms with van der Waals surface area (Å²) < 4.78 is 6.90. The highest BCUT2D eigenvalue weighted by Gasteiger charge is 2.35. The molecule has 1 aliphatic heterocycles. The summed E-state index contributed by atoms with van der Waals surface area (Å²) >= 11 is 0.864. The van der Waals surface area contributed by atoms with Crippen LogP contribution < -0.4 is 10.9 Å². The Hall–Kier alpha value is -3.59. The maximum absolute atomic E-state index is 12.5. The number of amides is 3. The first-order valence-corrected chi connectivity index (χ1v) is 9.93. The number of fused-ring (bicyclic) bond motifs is 1. The van der Waals surface area contributed by atoms with E-state index in [1.807, 2.05) is 29.9 Å². The lowest BCUT2D eigenvalue weighted by molar-refractivity contribution is -0.123. The lowest BCUT2D eigenvalue weighted by Crippen LogP contribution is -2.31. The smallest absolute Gasteiger partial charge is 0.336 e. The number of aryl methyl sites for hydroxylation is 1. The summed E-state index contributed by atoms with van der Waals surface area (Å²) in [5.74, 6) is -0.739. The average Bonchev–Trinajstić information content (AvgIpc) is 3.23. The van der Waals surface area contributed by atoms with E-state index in [1.54, 1.807) is 30.3 Å². The van der Waals surface area contributed by atoms with E-state index < -0.39 is 16.8 Å². The first-order valence-electron chi connectivity index (χ1n) is 9.11.